The minimum atomic E-state index is -0.704. The molecule has 0 atom stereocenters. The zero-order chi connectivity index (χ0) is 24.0. The number of hydrogen-bond acceptors (Lipinski definition) is 7. The second-order valence-corrected chi connectivity index (χ2v) is 9.41. The van der Waals surface area contributed by atoms with Gasteiger partial charge in [0.15, 0.2) is 5.82 Å². The predicted octanol–water partition coefficient (Wildman–Crippen LogP) is 5.49. The van der Waals surface area contributed by atoms with Gasteiger partial charge in [0.1, 0.15) is 0 Å². The Hall–Kier alpha value is -3.23. The number of nitrogen functional groups attached to an aromatic ring is 1. The van der Waals surface area contributed by atoms with E-state index in [0.29, 0.717) is 11.4 Å². The molecule has 2 saturated carbocycles. The summed E-state index contributed by atoms with van der Waals surface area (Å²) in [4.78, 5) is 27.5. The first-order valence-electron chi connectivity index (χ1n) is 12.5. The number of hydrogen-bond donors (Lipinski definition) is 2. The number of rotatable bonds is 9. The van der Waals surface area contributed by atoms with Gasteiger partial charge < -0.3 is 10.5 Å². The van der Waals surface area contributed by atoms with E-state index in [1.54, 1.807) is 24.5 Å². The van der Waals surface area contributed by atoms with E-state index in [4.69, 9.17) is 10.5 Å². The quantitative estimate of drug-likeness (QED) is 0.393. The van der Waals surface area contributed by atoms with Crippen LogP contribution in [0, 0.1) is 0 Å². The highest BCUT2D eigenvalue weighted by Gasteiger charge is 2.32. The number of anilines is 2. The number of amides is 1. The molecule has 2 aromatic heterocycles. The van der Waals surface area contributed by atoms with E-state index in [1.807, 2.05) is 12.1 Å². The van der Waals surface area contributed by atoms with Crippen molar-refractivity contribution in [2.24, 2.45) is 0 Å². The van der Waals surface area contributed by atoms with Crippen LogP contribution in [0.15, 0.2) is 55.0 Å². The van der Waals surface area contributed by atoms with Crippen molar-refractivity contribution in [2.45, 2.75) is 63.5 Å². The lowest BCUT2D eigenvalue weighted by molar-refractivity contribution is 0.0397. The van der Waals surface area contributed by atoms with Crippen LogP contribution in [0.3, 0.4) is 0 Å². The Labute approximate surface area is 218 Å². The fraction of sp³-hybridized carbons (Fsp3) is 0.407. The monoisotopic (exact) mass is 508 g/mol. The number of ether oxygens (including phenoxy) is 1. The van der Waals surface area contributed by atoms with E-state index in [2.05, 4.69) is 37.3 Å². The lowest BCUT2D eigenvalue weighted by atomic mass is 9.84. The van der Waals surface area contributed by atoms with Gasteiger partial charge in [0.05, 0.1) is 23.8 Å². The lowest BCUT2D eigenvalue weighted by Crippen LogP contribution is -2.49. The summed E-state index contributed by atoms with van der Waals surface area (Å²) in [6.07, 6.45) is 14.6. The molecule has 8 nitrogen and oxygen atoms in total. The normalized spacial score (nSPS) is 15.5. The second-order valence-electron chi connectivity index (χ2n) is 9.41. The van der Waals surface area contributed by atoms with Crippen molar-refractivity contribution in [3.8, 4) is 17.1 Å². The molecular weight excluding hydrogens is 476 g/mol. The molecule has 2 heterocycles. The van der Waals surface area contributed by atoms with E-state index in [-0.39, 0.29) is 24.1 Å². The Morgan fingerprint density at radius 3 is 2.39 bits per heavy atom. The van der Waals surface area contributed by atoms with Crippen molar-refractivity contribution in [2.75, 3.05) is 17.6 Å². The van der Waals surface area contributed by atoms with Crippen LogP contribution in [-0.4, -0.2) is 44.6 Å². The zero-order valence-electron chi connectivity index (χ0n) is 20.3. The van der Waals surface area contributed by atoms with Crippen molar-refractivity contribution < 1.29 is 9.53 Å². The van der Waals surface area contributed by atoms with Gasteiger partial charge in [0.2, 0.25) is 0 Å². The maximum Gasteiger partial charge on any atom is 0.418 e. The van der Waals surface area contributed by atoms with Gasteiger partial charge in [-0.05, 0) is 62.8 Å². The van der Waals surface area contributed by atoms with Gasteiger partial charge in [-0.1, -0.05) is 37.1 Å². The van der Waals surface area contributed by atoms with Crippen molar-refractivity contribution >= 4 is 30.0 Å². The minimum absolute atomic E-state index is 0. The third-order valence-electron chi connectivity index (χ3n) is 7.08. The highest BCUT2D eigenvalue weighted by atomic mass is 35.5. The summed E-state index contributed by atoms with van der Waals surface area (Å²) in [6, 6.07) is 13.4. The topological polar surface area (TPSA) is 106 Å². The first-order valence-corrected chi connectivity index (χ1v) is 12.5. The maximum atomic E-state index is 12.2. The van der Waals surface area contributed by atoms with Gasteiger partial charge >= 0.3 is 6.09 Å². The number of halogens is 1. The molecule has 190 valence electrons. The Balaban J connectivity index is 0.00000304. The number of pyridine rings is 1. The molecule has 0 aliphatic heterocycles. The van der Waals surface area contributed by atoms with Crippen LogP contribution >= 0.6 is 12.4 Å². The highest BCUT2D eigenvalue weighted by molar-refractivity contribution is 5.86. The average Bonchev–Trinajstić information content (AvgIpc) is 2.79. The second kappa shape index (κ2) is 12.1. The summed E-state index contributed by atoms with van der Waals surface area (Å²) in [5.41, 5.74) is 9.20. The number of aromatic nitrogens is 3. The van der Waals surface area contributed by atoms with E-state index in [1.165, 1.54) is 63.3 Å². The van der Waals surface area contributed by atoms with Gasteiger partial charge in [0.25, 0.3) is 5.88 Å². The molecule has 2 fully saturated rings. The van der Waals surface area contributed by atoms with Crippen LogP contribution in [0.25, 0.3) is 11.3 Å². The number of carbonyl (C=O) groups excluding carboxylic acids is 1. The van der Waals surface area contributed by atoms with Crippen LogP contribution < -0.4 is 15.8 Å². The van der Waals surface area contributed by atoms with Crippen LogP contribution in [0.4, 0.5) is 16.3 Å². The Morgan fingerprint density at radius 2 is 1.78 bits per heavy atom. The van der Waals surface area contributed by atoms with Gasteiger partial charge in [-0.3, -0.25) is 15.2 Å². The molecule has 0 spiro atoms. The zero-order valence-corrected chi connectivity index (χ0v) is 21.1. The molecule has 36 heavy (non-hydrogen) atoms. The first kappa shape index (κ1) is 25.9. The van der Waals surface area contributed by atoms with Crippen molar-refractivity contribution in [3.05, 3.63) is 60.6 Å². The largest absolute Gasteiger partial charge is 0.418 e. The molecule has 1 aromatic carbocycles. The van der Waals surface area contributed by atoms with Crippen molar-refractivity contribution in [1.82, 2.24) is 19.9 Å². The number of nitrogens with one attached hydrogen (secondary N) is 1. The van der Waals surface area contributed by atoms with Crippen molar-refractivity contribution in [1.29, 1.82) is 0 Å². The van der Waals surface area contributed by atoms with E-state index in [9.17, 15) is 4.79 Å². The highest BCUT2D eigenvalue weighted by Crippen LogP contribution is 2.34. The third kappa shape index (κ3) is 6.30. The maximum absolute atomic E-state index is 12.2. The lowest BCUT2D eigenvalue weighted by Gasteiger charge is -2.46. The average molecular weight is 509 g/mol. The molecule has 1 amide bonds. The molecule has 3 N–H and O–H groups in total. The molecule has 0 unspecified atom stereocenters. The number of benzene rings is 1. The molecular formula is C27H33ClN6O2. The summed E-state index contributed by atoms with van der Waals surface area (Å²) in [6.45, 7) is 1.20. The van der Waals surface area contributed by atoms with E-state index >= 15 is 0 Å². The summed E-state index contributed by atoms with van der Waals surface area (Å²) >= 11 is 0. The summed E-state index contributed by atoms with van der Waals surface area (Å²) in [7, 11) is 0. The number of nitrogens with two attached hydrogens (primary N) is 1. The fourth-order valence-corrected chi connectivity index (χ4v) is 4.67. The summed E-state index contributed by atoms with van der Waals surface area (Å²) in [5, 5.41) is 2.59. The molecule has 0 radical (unpaired) electrons. The van der Waals surface area contributed by atoms with Crippen LogP contribution in [-0.2, 0) is 6.42 Å². The number of carbonyl (C=O) groups is 1. The van der Waals surface area contributed by atoms with Crippen LogP contribution in [0.1, 0.15) is 50.5 Å². The molecule has 9 heteroatoms. The Morgan fingerprint density at radius 1 is 1.06 bits per heavy atom. The van der Waals surface area contributed by atoms with Crippen LogP contribution in [0.2, 0.25) is 0 Å². The molecule has 2 aliphatic rings. The van der Waals surface area contributed by atoms with Gasteiger partial charge in [0, 0.05) is 23.8 Å². The molecule has 5 rings (SSSR count). The van der Waals surface area contributed by atoms with E-state index < -0.39 is 6.09 Å². The first-order chi connectivity index (χ1) is 17.2. The molecule has 0 saturated heterocycles. The molecule has 3 aromatic rings. The smallest absolute Gasteiger partial charge is 0.387 e. The summed E-state index contributed by atoms with van der Waals surface area (Å²) in [5.74, 6) is 0.0224. The van der Waals surface area contributed by atoms with Gasteiger partial charge in [-0.2, -0.15) is 0 Å². The van der Waals surface area contributed by atoms with E-state index in [0.717, 1.165) is 24.1 Å². The fourth-order valence-electron chi connectivity index (χ4n) is 4.67. The molecule has 0 bridgehead atoms. The molecule has 2 aliphatic carbocycles. The standard InChI is InChI=1S/C27H32N6O2.ClH/c28-25-26(35-27(34)31-21-6-3-15-29-17-21)32-24(18-30-25)20-13-11-19(12-14-20)5-4-16-33(22-7-1-8-22)23-9-2-10-23;/h3,6,11-15,17-18,22-23H,1-2,4-5,7-10,16H2,(H2,28,30)(H,31,34);1H. The van der Waals surface area contributed by atoms with Gasteiger partial charge in [-0.15, -0.1) is 12.4 Å². The van der Waals surface area contributed by atoms with Gasteiger partial charge in [-0.25, -0.2) is 14.8 Å². The predicted molar refractivity (Wildman–Crippen MR) is 143 cm³/mol. The minimum Gasteiger partial charge on any atom is -0.387 e. The van der Waals surface area contributed by atoms with Crippen molar-refractivity contribution in [3.63, 3.8) is 0 Å². The Kier molecular flexibility index (Phi) is 8.72. The van der Waals surface area contributed by atoms with Crippen LogP contribution in [0.5, 0.6) is 5.88 Å². The Bertz CT molecular complexity index is 1120. The summed E-state index contributed by atoms with van der Waals surface area (Å²) < 4.78 is 5.30. The third-order valence-corrected chi connectivity index (χ3v) is 7.08. The SMILES string of the molecule is Cl.Nc1ncc(-c2ccc(CCCN(C3CCC3)C3CCC3)cc2)nc1OC(=O)Nc1cccnc1. The number of nitrogens with zero attached hydrogens (tertiary/aromatic N) is 4. The number of aryl methyl sites for hydroxylation is 1.